The van der Waals surface area contributed by atoms with E-state index in [0.717, 1.165) is 19.5 Å². The van der Waals surface area contributed by atoms with E-state index in [-0.39, 0.29) is 0 Å². The molecule has 0 radical (unpaired) electrons. The van der Waals surface area contributed by atoms with Crippen molar-refractivity contribution in [3.05, 3.63) is 79.2 Å². The summed E-state index contributed by atoms with van der Waals surface area (Å²) in [6.07, 6.45) is 13.6. The maximum atomic E-state index is 2.35. The molecule has 0 spiro atoms. The second-order valence-corrected chi connectivity index (χ2v) is 5.58. The molecule has 1 aliphatic rings. The largest absolute Gasteiger partial charge is 0.374 e. The number of hydrogen-bond acceptors (Lipinski definition) is 2. The summed E-state index contributed by atoms with van der Waals surface area (Å²) < 4.78 is 0. The Kier molecular flexibility index (Phi) is 4.59. The molecular weight excluding hydrogens is 268 g/mol. The van der Waals surface area contributed by atoms with Crippen LogP contribution >= 0.6 is 0 Å². The fourth-order valence-corrected chi connectivity index (χ4v) is 2.80. The van der Waals surface area contributed by atoms with Crippen LogP contribution in [0.15, 0.2) is 79.2 Å². The first kappa shape index (κ1) is 14.5. The lowest BCUT2D eigenvalue weighted by molar-refractivity contribution is 0.490. The van der Waals surface area contributed by atoms with Crippen LogP contribution < -0.4 is 4.90 Å². The van der Waals surface area contributed by atoms with Crippen LogP contribution in [0.3, 0.4) is 0 Å². The Balaban J connectivity index is 1.63. The van der Waals surface area contributed by atoms with Crippen LogP contribution in [0.25, 0.3) is 10.8 Å². The zero-order valence-corrected chi connectivity index (χ0v) is 13.0. The van der Waals surface area contributed by atoms with Crippen molar-refractivity contribution in [3.8, 4) is 0 Å². The predicted molar refractivity (Wildman–Crippen MR) is 96.0 cm³/mol. The molecule has 0 amide bonds. The normalized spacial score (nSPS) is 13.6. The second kappa shape index (κ2) is 6.99. The highest BCUT2D eigenvalue weighted by Gasteiger charge is 2.05. The van der Waals surface area contributed by atoms with Crippen LogP contribution in [-0.2, 0) is 0 Å². The van der Waals surface area contributed by atoms with Crippen molar-refractivity contribution in [1.29, 1.82) is 0 Å². The molecule has 0 bridgehead atoms. The summed E-state index contributed by atoms with van der Waals surface area (Å²) in [5, 5.41) is 2.63. The lowest BCUT2D eigenvalue weighted by Gasteiger charge is -2.23. The molecule has 2 nitrogen and oxygen atoms in total. The lowest BCUT2D eigenvalue weighted by atomic mass is 10.1. The SMILES string of the molecule is CN(CCCN1C=CC=CC=C1)c1cccc2ccccc12. The average molecular weight is 290 g/mol. The van der Waals surface area contributed by atoms with Crippen LogP contribution in [0.4, 0.5) is 5.69 Å². The zero-order valence-electron chi connectivity index (χ0n) is 13.0. The van der Waals surface area contributed by atoms with Crippen molar-refractivity contribution in [1.82, 2.24) is 4.90 Å². The third-order valence-corrected chi connectivity index (χ3v) is 3.98. The fraction of sp³-hybridized carbons (Fsp3) is 0.200. The molecule has 22 heavy (non-hydrogen) atoms. The number of rotatable bonds is 5. The molecule has 0 aromatic heterocycles. The quantitative estimate of drug-likeness (QED) is 0.796. The molecular formula is C20H22N2. The molecule has 0 atom stereocenters. The number of allylic oxidation sites excluding steroid dienone is 4. The Morgan fingerprint density at radius 1 is 0.864 bits per heavy atom. The summed E-state index contributed by atoms with van der Waals surface area (Å²) in [6, 6.07) is 15.1. The van der Waals surface area contributed by atoms with E-state index in [0.29, 0.717) is 0 Å². The van der Waals surface area contributed by atoms with Gasteiger partial charge in [0.25, 0.3) is 0 Å². The number of anilines is 1. The first-order valence-electron chi connectivity index (χ1n) is 7.81. The van der Waals surface area contributed by atoms with Gasteiger partial charge in [0.05, 0.1) is 0 Å². The van der Waals surface area contributed by atoms with Gasteiger partial charge in [-0.3, -0.25) is 0 Å². The van der Waals surface area contributed by atoms with Crippen molar-refractivity contribution < 1.29 is 0 Å². The molecule has 3 rings (SSSR count). The van der Waals surface area contributed by atoms with Crippen LogP contribution in [0.1, 0.15) is 6.42 Å². The van der Waals surface area contributed by atoms with Crippen LogP contribution in [0.5, 0.6) is 0 Å². The monoisotopic (exact) mass is 290 g/mol. The molecule has 0 saturated carbocycles. The summed E-state index contributed by atoms with van der Waals surface area (Å²) in [7, 11) is 2.18. The van der Waals surface area contributed by atoms with Gasteiger partial charge in [0, 0.05) is 43.6 Å². The molecule has 0 fully saturated rings. The summed E-state index contributed by atoms with van der Waals surface area (Å²) in [6.45, 7) is 2.07. The van der Waals surface area contributed by atoms with Crippen LogP contribution in [-0.4, -0.2) is 25.0 Å². The van der Waals surface area contributed by atoms with E-state index >= 15 is 0 Å². The molecule has 0 N–H and O–H groups in total. The Bertz CT molecular complexity index is 691. The van der Waals surface area contributed by atoms with Crippen LogP contribution in [0.2, 0.25) is 0 Å². The topological polar surface area (TPSA) is 6.48 Å². The molecule has 0 aliphatic carbocycles. The van der Waals surface area contributed by atoms with Crippen molar-refractivity contribution in [2.45, 2.75) is 6.42 Å². The van der Waals surface area contributed by atoms with Crippen molar-refractivity contribution in [3.63, 3.8) is 0 Å². The summed E-state index contributed by atoms with van der Waals surface area (Å²) >= 11 is 0. The average Bonchev–Trinajstić information content (AvgIpc) is 2.83. The third-order valence-electron chi connectivity index (χ3n) is 3.98. The minimum absolute atomic E-state index is 1.03. The second-order valence-electron chi connectivity index (χ2n) is 5.58. The van der Waals surface area contributed by atoms with E-state index in [1.165, 1.54) is 16.5 Å². The molecule has 1 aliphatic heterocycles. The van der Waals surface area contributed by atoms with E-state index in [2.05, 4.69) is 96.0 Å². The Morgan fingerprint density at radius 3 is 2.41 bits per heavy atom. The van der Waals surface area contributed by atoms with Gasteiger partial charge in [-0.1, -0.05) is 48.6 Å². The highest BCUT2D eigenvalue weighted by atomic mass is 15.1. The first-order chi connectivity index (χ1) is 10.8. The molecule has 2 heteroatoms. The number of nitrogens with zero attached hydrogens (tertiary/aromatic N) is 2. The summed E-state index contributed by atoms with van der Waals surface area (Å²) in [5.74, 6) is 0. The molecule has 2 aromatic carbocycles. The Morgan fingerprint density at radius 2 is 1.59 bits per heavy atom. The van der Waals surface area contributed by atoms with Gasteiger partial charge in [-0.25, -0.2) is 0 Å². The highest BCUT2D eigenvalue weighted by molar-refractivity contribution is 5.94. The summed E-state index contributed by atoms with van der Waals surface area (Å²) in [4.78, 5) is 4.59. The first-order valence-corrected chi connectivity index (χ1v) is 7.81. The van der Waals surface area contributed by atoms with Gasteiger partial charge in [0.1, 0.15) is 0 Å². The minimum Gasteiger partial charge on any atom is -0.374 e. The zero-order chi connectivity index (χ0) is 15.2. The van der Waals surface area contributed by atoms with Crippen molar-refractivity contribution in [2.24, 2.45) is 0 Å². The fourth-order valence-electron chi connectivity index (χ4n) is 2.80. The predicted octanol–water partition coefficient (Wildman–Crippen LogP) is 4.57. The van der Waals surface area contributed by atoms with Gasteiger partial charge in [-0.05, 0) is 30.0 Å². The summed E-state index contributed by atoms with van der Waals surface area (Å²) in [5.41, 5.74) is 1.31. The van der Waals surface area contributed by atoms with Gasteiger partial charge < -0.3 is 9.80 Å². The van der Waals surface area contributed by atoms with Crippen molar-refractivity contribution >= 4 is 16.5 Å². The standard InChI is InChI=1S/C20H22N2/c1-21(14-9-17-22-15-6-2-3-7-16-22)20-13-8-11-18-10-4-5-12-19(18)20/h2-8,10-13,15-16H,9,14,17H2,1H3. The maximum Gasteiger partial charge on any atom is 0.0443 e. The minimum atomic E-state index is 1.03. The van der Waals surface area contributed by atoms with E-state index in [9.17, 15) is 0 Å². The molecule has 2 aromatic rings. The van der Waals surface area contributed by atoms with E-state index < -0.39 is 0 Å². The van der Waals surface area contributed by atoms with Gasteiger partial charge in [0.15, 0.2) is 0 Å². The van der Waals surface area contributed by atoms with Gasteiger partial charge in [-0.15, -0.1) is 0 Å². The Labute approximate surface area is 132 Å². The number of benzene rings is 2. The van der Waals surface area contributed by atoms with E-state index in [1.54, 1.807) is 0 Å². The number of hydrogen-bond donors (Lipinski definition) is 0. The lowest BCUT2D eigenvalue weighted by Crippen LogP contribution is -2.22. The van der Waals surface area contributed by atoms with Crippen LogP contribution in [0, 0.1) is 0 Å². The number of fused-ring (bicyclic) bond motifs is 1. The molecule has 112 valence electrons. The molecule has 0 unspecified atom stereocenters. The van der Waals surface area contributed by atoms with Gasteiger partial charge in [-0.2, -0.15) is 0 Å². The van der Waals surface area contributed by atoms with E-state index in [1.807, 2.05) is 0 Å². The van der Waals surface area contributed by atoms with Crippen molar-refractivity contribution in [2.75, 3.05) is 25.0 Å². The smallest absolute Gasteiger partial charge is 0.0443 e. The highest BCUT2D eigenvalue weighted by Crippen LogP contribution is 2.25. The molecule has 1 heterocycles. The van der Waals surface area contributed by atoms with E-state index in [4.69, 9.17) is 0 Å². The van der Waals surface area contributed by atoms with Gasteiger partial charge in [0.2, 0.25) is 0 Å². The maximum absolute atomic E-state index is 2.35. The van der Waals surface area contributed by atoms with Gasteiger partial charge >= 0.3 is 0 Å². The molecule has 0 saturated heterocycles. The third kappa shape index (κ3) is 3.40. The Hall–Kier alpha value is -2.48.